The number of nitriles is 1. The van der Waals surface area contributed by atoms with Gasteiger partial charge in [0.15, 0.2) is 0 Å². The SMILES string of the molecule is CCN(CC)S(=O)(=O)c1ccc(CNc2cc(C)nc(C)c2C#N)cc1. The predicted molar refractivity (Wildman–Crippen MR) is 102 cm³/mol. The molecular weight excluding hydrogens is 348 g/mol. The summed E-state index contributed by atoms with van der Waals surface area (Å²) >= 11 is 0. The summed E-state index contributed by atoms with van der Waals surface area (Å²) in [5.41, 5.74) is 3.72. The zero-order chi connectivity index (χ0) is 19.3. The minimum atomic E-state index is -3.45. The summed E-state index contributed by atoms with van der Waals surface area (Å²) in [5, 5.41) is 12.6. The molecule has 138 valence electrons. The second-order valence-corrected chi connectivity index (χ2v) is 7.91. The van der Waals surface area contributed by atoms with Gasteiger partial charge in [-0.15, -0.1) is 0 Å². The van der Waals surface area contributed by atoms with Crippen molar-refractivity contribution in [1.29, 1.82) is 5.26 Å². The number of hydrogen-bond acceptors (Lipinski definition) is 5. The quantitative estimate of drug-likeness (QED) is 0.806. The number of aromatic nitrogens is 1. The zero-order valence-corrected chi connectivity index (χ0v) is 16.4. The third-order valence-electron chi connectivity index (χ3n) is 4.19. The largest absolute Gasteiger partial charge is 0.380 e. The number of sulfonamides is 1. The summed E-state index contributed by atoms with van der Waals surface area (Å²) in [6.45, 7) is 8.72. The number of nitrogens with zero attached hydrogens (tertiary/aromatic N) is 3. The molecule has 0 bridgehead atoms. The van der Waals surface area contributed by atoms with E-state index in [1.54, 1.807) is 24.3 Å². The van der Waals surface area contributed by atoms with Crippen LogP contribution < -0.4 is 5.32 Å². The molecule has 0 radical (unpaired) electrons. The minimum absolute atomic E-state index is 0.290. The molecule has 2 rings (SSSR count). The molecule has 0 spiro atoms. The van der Waals surface area contributed by atoms with Gasteiger partial charge < -0.3 is 5.32 Å². The van der Waals surface area contributed by atoms with Gasteiger partial charge >= 0.3 is 0 Å². The standard InChI is InChI=1S/C19H24N4O2S/c1-5-23(6-2)26(24,25)17-9-7-16(8-10-17)13-21-19-11-14(3)22-15(4)18(19)12-20/h7-11H,5-6,13H2,1-4H3,(H,21,22). The highest BCUT2D eigenvalue weighted by atomic mass is 32.2. The summed E-state index contributed by atoms with van der Waals surface area (Å²) in [6.07, 6.45) is 0. The lowest BCUT2D eigenvalue weighted by Gasteiger charge is -2.18. The Morgan fingerprint density at radius 2 is 1.77 bits per heavy atom. The van der Waals surface area contributed by atoms with Gasteiger partial charge in [0.2, 0.25) is 10.0 Å². The third-order valence-corrected chi connectivity index (χ3v) is 6.25. The van der Waals surface area contributed by atoms with Crippen molar-refractivity contribution in [2.24, 2.45) is 0 Å². The van der Waals surface area contributed by atoms with Crippen molar-refractivity contribution in [3.8, 4) is 6.07 Å². The maximum Gasteiger partial charge on any atom is 0.243 e. The average molecular weight is 372 g/mol. The minimum Gasteiger partial charge on any atom is -0.380 e. The molecule has 0 aliphatic rings. The zero-order valence-electron chi connectivity index (χ0n) is 15.6. The van der Waals surface area contributed by atoms with Crippen LogP contribution in [0.3, 0.4) is 0 Å². The molecule has 0 aliphatic carbocycles. The molecule has 0 saturated heterocycles. The van der Waals surface area contributed by atoms with E-state index < -0.39 is 10.0 Å². The Bertz CT molecular complexity index is 912. The first-order chi connectivity index (χ1) is 12.3. The lowest BCUT2D eigenvalue weighted by Crippen LogP contribution is -2.30. The maximum absolute atomic E-state index is 12.5. The fourth-order valence-electron chi connectivity index (χ4n) is 2.80. The van der Waals surface area contributed by atoms with Gasteiger partial charge in [0.05, 0.1) is 21.8 Å². The first kappa shape index (κ1) is 19.9. The van der Waals surface area contributed by atoms with Gasteiger partial charge in [-0.1, -0.05) is 26.0 Å². The van der Waals surface area contributed by atoms with Crippen molar-refractivity contribution in [3.05, 3.63) is 52.8 Å². The molecule has 0 unspecified atom stereocenters. The Labute approximate surface area is 155 Å². The van der Waals surface area contributed by atoms with Gasteiger partial charge in [-0.2, -0.15) is 9.57 Å². The van der Waals surface area contributed by atoms with Crippen molar-refractivity contribution in [1.82, 2.24) is 9.29 Å². The molecule has 0 saturated carbocycles. The molecular formula is C19H24N4O2S. The molecule has 7 heteroatoms. The summed E-state index contributed by atoms with van der Waals surface area (Å²) in [6, 6.07) is 10.8. The van der Waals surface area contributed by atoms with Crippen molar-refractivity contribution < 1.29 is 8.42 Å². The number of pyridine rings is 1. The Kier molecular flexibility index (Phi) is 6.35. The highest BCUT2D eigenvalue weighted by molar-refractivity contribution is 7.89. The monoisotopic (exact) mass is 372 g/mol. The Morgan fingerprint density at radius 1 is 1.15 bits per heavy atom. The van der Waals surface area contributed by atoms with Crippen LogP contribution in [0.5, 0.6) is 0 Å². The predicted octanol–water partition coefficient (Wildman–Crippen LogP) is 3.21. The summed E-state index contributed by atoms with van der Waals surface area (Å²) in [7, 11) is -3.45. The third kappa shape index (κ3) is 4.21. The molecule has 0 aliphatic heterocycles. The molecule has 1 N–H and O–H groups in total. The number of anilines is 1. The second kappa shape index (κ2) is 8.30. The smallest absolute Gasteiger partial charge is 0.243 e. The summed E-state index contributed by atoms with van der Waals surface area (Å²) < 4.78 is 26.5. The van der Waals surface area contributed by atoms with Crippen LogP contribution in [0.15, 0.2) is 35.2 Å². The molecule has 0 fully saturated rings. The second-order valence-electron chi connectivity index (χ2n) is 5.97. The number of nitrogens with one attached hydrogen (secondary N) is 1. The highest BCUT2D eigenvalue weighted by Gasteiger charge is 2.21. The van der Waals surface area contributed by atoms with Crippen molar-refractivity contribution >= 4 is 15.7 Å². The van der Waals surface area contributed by atoms with Crippen molar-refractivity contribution in [2.45, 2.75) is 39.1 Å². The van der Waals surface area contributed by atoms with E-state index in [9.17, 15) is 13.7 Å². The molecule has 1 aromatic heterocycles. The van der Waals surface area contributed by atoms with Crippen LogP contribution in [0.4, 0.5) is 5.69 Å². The van der Waals surface area contributed by atoms with E-state index in [1.807, 2.05) is 33.8 Å². The van der Waals surface area contributed by atoms with E-state index in [4.69, 9.17) is 0 Å². The van der Waals surface area contributed by atoms with Crippen LogP contribution in [-0.2, 0) is 16.6 Å². The van der Waals surface area contributed by atoms with Gasteiger partial charge in [-0.25, -0.2) is 8.42 Å². The van der Waals surface area contributed by atoms with E-state index in [2.05, 4.69) is 16.4 Å². The van der Waals surface area contributed by atoms with Gasteiger partial charge in [-0.05, 0) is 37.6 Å². The molecule has 26 heavy (non-hydrogen) atoms. The van der Waals surface area contributed by atoms with Crippen molar-refractivity contribution in [3.63, 3.8) is 0 Å². The fraction of sp³-hybridized carbons (Fsp3) is 0.368. The van der Waals surface area contributed by atoms with Crippen LogP contribution in [0.25, 0.3) is 0 Å². The van der Waals surface area contributed by atoms with Crippen molar-refractivity contribution in [2.75, 3.05) is 18.4 Å². The average Bonchev–Trinajstić information content (AvgIpc) is 2.60. The van der Waals surface area contributed by atoms with E-state index in [1.165, 1.54) is 4.31 Å². The van der Waals surface area contributed by atoms with Crippen LogP contribution in [0, 0.1) is 25.2 Å². The van der Waals surface area contributed by atoms with Crippen LogP contribution in [0.1, 0.15) is 36.4 Å². The topological polar surface area (TPSA) is 86.1 Å². The van der Waals surface area contributed by atoms with Gasteiger partial charge in [-0.3, -0.25) is 4.98 Å². The first-order valence-corrected chi connectivity index (χ1v) is 9.98. The van der Waals surface area contributed by atoms with Crippen LogP contribution in [-0.4, -0.2) is 30.8 Å². The lowest BCUT2D eigenvalue weighted by atomic mass is 10.1. The fourth-order valence-corrected chi connectivity index (χ4v) is 4.26. The van der Waals surface area contributed by atoms with E-state index in [-0.39, 0.29) is 0 Å². The first-order valence-electron chi connectivity index (χ1n) is 8.54. The Hall–Kier alpha value is -2.43. The summed E-state index contributed by atoms with van der Waals surface area (Å²) in [5.74, 6) is 0. The van der Waals surface area contributed by atoms with Crippen LogP contribution >= 0.6 is 0 Å². The number of aryl methyl sites for hydroxylation is 2. The van der Waals surface area contributed by atoms with Gasteiger partial charge in [0.25, 0.3) is 0 Å². The number of benzene rings is 1. The highest BCUT2D eigenvalue weighted by Crippen LogP contribution is 2.20. The summed E-state index contributed by atoms with van der Waals surface area (Å²) in [4.78, 5) is 4.59. The Balaban J connectivity index is 2.18. The lowest BCUT2D eigenvalue weighted by molar-refractivity contribution is 0.445. The number of rotatable bonds is 7. The molecule has 2 aromatic rings. The molecule has 1 aromatic carbocycles. The van der Waals surface area contributed by atoms with E-state index in [0.717, 1.165) is 16.9 Å². The molecule has 6 nitrogen and oxygen atoms in total. The Morgan fingerprint density at radius 3 is 2.31 bits per heavy atom. The van der Waals surface area contributed by atoms with Gasteiger partial charge in [0, 0.05) is 25.3 Å². The van der Waals surface area contributed by atoms with Crippen LogP contribution in [0.2, 0.25) is 0 Å². The van der Waals surface area contributed by atoms with E-state index >= 15 is 0 Å². The molecule has 0 amide bonds. The maximum atomic E-state index is 12.5. The normalized spacial score (nSPS) is 11.4. The molecule has 0 atom stereocenters. The molecule has 1 heterocycles. The van der Waals surface area contributed by atoms with E-state index in [0.29, 0.717) is 35.8 Å². The van der Waals surface area contributed by atoms with Gasteiger partial charge in [0.1, 0.15) is 6.07 Å². The number of hydrogen-bond donors (Lipinski definition) is 1.